The summed E-state index contributed by atoms with van der Waals surface area (Å²) in [6.45, 7) is 5.73. The maximum absolute atomic E-state index is 12.4. The second kappa shape index (κ2) is 8.35. The molecule has 0 amide bonds. The van der Waals surface area contributed by atoms with Crippen LogP contribution in [0.15, 0.2) is 63.7 Å². The molecule has 1 heterocycles. The molecule has 2 aromatic rings. The fourth-order valence-corrected chi connectivity index (χ4v) is 3.74. The van der Waals surface area contributed by atoms with Crippen LogP contribution in [0.4, 0.5) is 5.69 Å². The number of phenols is 1. The first-order chi connectivity index (χ1) is 13.4. The predicted octanol–water partition coefficient (Wildman–Crippen LogP) is 5.20. The molecule has 0 aromatic heterocycles. The van der Waals surface area contributed by atoms with Gasteiger partial charge in [-0.3, -0.25) is 0 Å². The molecule has 2 aromatic carbocycles. The Bertz CT molecular complexity index is 1020. The predicted molar refractivity (Wildman–Crippen MR) is 113 cm³/mol. The standard InChI is InChI=1S/C22H21NO4S/c1-4-27-22(26)19-20(25)18(12-15-11-13(2)9-10-17(15)24)28-21(19)23-16-8-6-5-7-14(16)3/h5-12,24-25H,4H2,1-3H3. The van der Waals surface area contributed by atoms with E-state index in [0.717, 1.165) is 11.1 Å². The van der Waals surface area contributed by atoms with E-state index in [0.29, 0.717) is 21.2 Å². The number of aliphatic hydroxyl groups is 1. The van der Waals surface area contributed by atoms with E-state index in [2.05, 4.69) is 4.99 Å². The van der Waals surface area contributed by atoms with Crippen LogP contribution in [0.1, 0.15) is 23.6 Å². The molecule has 144 valence electrons. The maximum Gasteiger partial charge on any atom is 0.344 e. The molecule has 2 N–H and O–H groups in total. The number of ether oxygens (including phenoxy) is 1. The Labute approximate surface area is 168 Å². The smallest absolute Gasteiger partial charge is 0.344 e. The minimum Gasteiger partial charge on any atom is -0.507 e. The lowest BCUT2D eigenvalue weighted by molar-refractivity contribution is -0.138. The van der Waals surface area contributed by atoms with Gasteiger partial charge in [0.25, 0.3) is 0 Å². The molecule has 3 rings (SSSR count). The van der Waals surface area contributed by atoms with Gasteiger partial charge in [0.15, 0.2) is 0 Å². The maximum atomic E-state index is 12.4. The van der Waals surface area contributed by atoms with Gasteiger partial charge in [0.05, 0.1) is 17.2 Å². The van der Waals surface area contributed by atoms with Crippen LogP contribution >= 0.6 is 11.8 Å². The monoisotopic (exact) mass is 395 g/mol. The van der Waals surface area contributed by atoms with Crippen LogP contribution in [-0.4, -0.2) is 27.8 Å². The SMILES string of the molecule is CCOC(=O)C1=C(O)C(=Cc2cc(C)ccc2O)SC1=Nc1ccccc1C. The van der Waals surface area contributed by atoms with Gasteiger partial charge in [-0.25, -0.2) is 9.79 Å². The Hall–Kier alpha value is -2.99. The molecule has 0 saturated carbocycles. The summed E-state index contributed by atoms with van der Waals surface area (Å²) < 4.78 is 5.11. The lowest BCUT2D eigenvalue weighted by Crippen LogP contribution is -2.12. The first-order valence-corrected chi connectivity index (χ1v) is 9.67. The van der Waals surface area contributed by atoms with Gasteiger partial charge in [0.2, 0.25) is 0 Å². The quantitative estimate of drug-likeness (QED) is 0.696. The van der Waals surface area contributed by atoms with Crippen molar-refractivity contribution in [2.75, 3.05) is 6.61 Å². The van der Waals surface area contributed by atoms with Crippen LogP contribution in [0.5, 0.6) is 5.75 Å². The number of aliphatic imine (C=N–C) groups is 1. The normalized spacial score (nSPS) is 16.8. The van der Waals surface area contributed by atoms with E-state index in [1.165, 1.54) is 11.8 Å². The highest BCUT2D eigenvalue weighted by Crippen LogP contribution is 2.41. The van der Waals surface area contributed by atoms with E-state index < -0.39 is 5.97 Å². The first kappa shape index (κ1) is 19.8. The zero-order chi connectivity index (χ0) is 20.3. The van der Waals surface area contributed by atoms with Crippen LogP contribution in [0.3, 0.4) is 0 Å². The number of carbonyl (C=O) groups excluding carboxylic acids is 1. The number of phenolic OH excluding ortho intramolecular Hbond substituents is 1. The zero-order valence-corrected chi connectivity index (χ0v) is 16.7. The summed E-state index contributed by atoms with van der Waals surface area (Å²) in [6, 6.07) is 12.7. The van der Waals surface area contributed by atoms with Gasteiger partial charge in [-0.05, 0) is 50.6 Å². The molecule has 6 heteroatoms. The summed E-state index contributed by atoms with van der Waals surface area (Å²) >= 11 is 1.17. The number of rotatable bonds is 4. The highest BCUT2D eigenvalue weighted by atomic mass is 32.2. The Balaban J connectivity index is 2.10. The minimum atomic E-state index is -0.628. The second-order valence-electron chi connectivity index (χ2n) is 6.32. The largest absolute Gasteiger partial charge is 0.507 e. The van der Waals surface area contributed by atoms with Crippen molar-refractivity contribution in [3.05, 3.63) is 75.4 Å². The third kappa shape index (κ3) is 4.12. The van der Waals surface area contributed by atoms with E-state index in [1.54, 1.807) is 31.2 Å². The van der Waals surface area contributed by atoms with Crippen LogP contribution < -0.4 is 0 Å². The van der Waals surface area contributed by atoms with Crippen LogP contribution in [0.25, 0.3) is 6.08 Å². The molecule has 0 aliphatic carbocycles. The van der Waals surface area contributed by atoms with Crippen molar-refractivity contribution >= 4 is 34.5 Å². The third-order valence-corrected chi connectivity index (χ3v) is 5.20. The summed E-state index contributed by atoms with van der Waals surface area (Å²) in [5, 5.41) is 21.2. The fraction of sp³-hybridized carbons (Fsp3) is 0.182. The van der Waals surface area contributed by atoms with Crippen molar-refractivity contribution in [3.8, 4) is 5.75 Å². The van der Waals surface area contributed by atoms with Gasteiger partial charge in [0, 0.05) is 5.56 Å². The molecule has 0 atom stereocenters. The number of aromatic hydroxyl groups is 1. The molecule has 5 nitrogen and oxygen atoms in total. The molecule has 1 aliphatic rings. The minimum absolute atomic E-state index is 0.0356. The summed E-state index contributed by atoms with van der Waals surface area (Å²) in [5.74, 6) is -0.734. The highest BCUT2D eigenvalue weighted by molar-refractivity contribution is 8.18. The van der Waals surface area contributed by atoms with E-state index in [9.17, 15) is 15.0 Å². The number of hydrogen-bond acceptors (Lipinski definition) is 6. The average Bonchev–Trinajstić information content (AvgIpc) is 2.95. The van der Waals surface area contributed by atoms with Crippen molar-refractivity contribution in [1.29, 1.82) is 0 Å². The third-order valence-electron chi connectivity index (χ3n) is 4.18. The van der Waals surface area contributed by atoms with Gasteiger partial charge in [-0.1, -0.05) is 41.6 Å². The van der Waals surface area contributed by atoms with E-state index in [4.69, 9.17) is 4.74 Å². The number of carbonyl (C=O) groups is 1. The molecule has 0 bridgehead atoms. The van der Waals surface area contributed by atoms with E-state index in [-0.39, 0.29) is 23.7 Å². The van der Waals surface area contributed by atoms with Gasteiger partial charge in [-0.2, -0.15) is 0 Å². The van der Waals surface area contributed by atoms with Crippen LogP contribution in [0, 0.1) is 13.8 Å². The Morgan fingerprint density at radius 3 is 2.64 bits per heavy atom. The molecule has 0 unspecified atom stereocenters. The van der Waals surface area contributed by atoms with Gasteiger partial charge in [-0.15, -0.1) is 0 Å². The number of aliphatic hydroxyl groups excluding tert-OH is 1. The average molecular weight is 395 g/mol. The molecular formula is C22H21NO4S. The van der Waals surface area contributed by atoms with Gasteiger partial charge >= 0.3 is 5.97 Å². The van der Waals surface area contributed by atoms with Crippen molar-refractivity contribution in [2.45, 2.75) is 20.8 Å². The number of para-hydroxylation sites is 1. The summed E-state index contributed by atoms with van der Waals surface area (Å²) in [5.41, 5.74) is 3.21. The zero-order valence-electron chi connectivity index (χ0n) is 15.9. The van der Waals surface area contributed by atoms with Crippen molar-refractivity contribution in [3.63, 3.8) is 0 Å². The Kier molecular flexibility index (Phi) is 5.90. The van der Waals surface area contributed by atoms with E-state index in [1.807, 2.05) is 38.1 Å². The number of hydrogen-bond donors (Lipinski definition) is 2. The molecule has 28 heavy (non-hydrogen) atoms. The second-order valence-corrected chi connectivity index (χ2v) is 7.35. The highest BCUT2D eigenvalue weighted by Gasteiger charge is 2.33. The molecule has 0 spiro atoms. The van der Waals surface area contributed by atoms with Crippen LogP contribution in [0.2, 0.25) is 0 Å². The molecule has 1 aliphatic heterocycles. The number of aryl methyl sites for hydroxylation is 2. The molecule has 0 radical (unpaired) electrons. The summed E-state index contributed by atoms with van der Waals surface area (Å²) in [7, 11) is 0. The Morgan fingerprint density at radius 1 is 1.18 bits per heavy atom. The van der Waals surface area contributed by atoms with E-state index >= 15 is 0 Å². The van der Waals surface area contributed by atoms with Crippen molar-refractivity contribution in [1.82, 2.24) is 0 Å². The topological polar surface area (TPSA) is 79.1 Å². The Morgan fingerprint density at radius 2 is 1.93 bits per heavy atom. The number of nitrogens with zero attached hydrogens (tertiary/aromatic N) is 1. The molecular weight excluding hydrogens is 374 g/mol. The van der Waals surface area contributed by atoms with Crippen molar-refractivity contribution in [2.24, 2.45) is 4.99 Å². The lowest BCUT2D eigenvalue weighted by Gasteiger charge is -2.05. The van der Waals surface area contributed by atoms with Crippen LogP contribution in [-0.2, 0) is 9.53 Å². The number of thioether (sulfide) groups is 1. The lowest BCUT2D eigenvalue weighted by atomic mass is 10.1. The van der Waals surface area contributed by atoms with Gasteiger partial charge in [0.1, 0.15) is 22.1 Å². The van der Waals surface area contributed by atoms with Gasteiger partial charge < -0.3 is 14.9 Å². The van der Waals surface area contributed by atoms with Crippen molar-refractivity contribution < 1.29 is 19.7 Å². The first-order valence-electron chi connectivity index (χ1n) is 8.85. The number of benzene rings is 2. The summed E-state index contributed by atoms with van der Waals surface area (Å²) in [6.07, 6.45) is 1.64. The molecule has 0 fully saturated rings. The summed E-state index contributed by atoms with van der Waals surface area (Å²) in [4.78, 5) is 17.5. The molecule has 0 saturated heterocycles. The fourth-order valence-electron chi connectivity index (χ4n) is 2.72. The number of esters is 1.